The van der Waals surface area contributed by atoms with E-state index in [1.165, 1.54) is 36.4 Å². The average molecular weight is 317 g/mol. The van der Waals surface area contributed by atoms with Crippen LogP contribution in [0.5, 0.6) is 0 Å². The van der Waals surface area contributed by atoms with Gasteiger partial charge in [0.25, 0.3) is 0 Å². The van der Waals surface area contributed by atoms with Crippen LogP contribution in [0.1, 0.15) is 11.1 Å². The second kappa shape index (κ2) is 5.38. The molecular formula is C16H12FNO3S. The van der Waals surface area contributed by atoms with Crippen molar-refractivity contribution in [2.75, 3.05) is 5.32 Å². The Balaban J connectivity index is 1.74. The molecule has 0 bridgehead atoms. The van der Waals surface area contributed by atoms with Gasteiger partial charge in [0.05, 0.1) is 11.3 Å². The number of hydrogen-bond acceptors (Lipinski definition) is 3. The Bertz CT molecular complexity index is 871. The first-order chi connectivity index (χ1) is 10.4. The number of carbonyl (C=O) groups excluding carboxylic acids is 1. The lowest BCUT2D eigenvalue weighted by Crippen LogP contribution is -2.14. The summed E-state index contributed by atoms with van der Waals surface area (Å²) < 4.78 is 36.4. The quantitative estimate of drug-likeness (QED) is 0.947. The molecule has 0 aromatic heterocycles. The minimum Gasteiger partial charge on any atom is -0.326 e. The number of carbonyl (C=O) groups is 1. The first-order valence-corrected chi connectivity index (χ1v) is 8.10. The molecule has 0 aliphatic carbocycles. The summed E-state index contributed by atoms with van der Waals surface area (Å²) in [5, 5.41) is 3.79. The molecule has 0 radical (unpaired) electrons. The van der Waals surface area contributed by atoms with E-state index in [-0.39, 0.29) is 23.0 Å². The second-order valence-electron chi connectivity index (χ2n) is 4.95. The summed E-state index contributed by atoms with van der Waals surface area (Å²) in [5.41, 5.74) is 1.70. The molecule has 1 aliphatic rings. The van der Waals surface area contributed by atoms with E-state index >= 15 is 0 Å². The van der Waals surface area contributed by atoms with Gasteiger partial charge in [0.15, 0.2) is 0 Å². The van der Waals surface area contributed by atoms with Gasteiger partial charge < -0.3 is 5.32 Å². The smallest absolute Gasteiger partial charge is 0.228 e. The molecule has 0 spiro atoms. The van der Waals surface area contributed by atoms with Gasteiger partial charge in [-0.2, -0.15) is 0 Å². The Morgan fingerprint density at radius 2 is 1.82 bits per heavy atom. The van der Waals surface area contributed by atoms with Crippen molar-refractivity contribution in [3.05, 3.63) is 64.8 Å². The van der Waals surface area contributed by atoms with Crippen molar-refractivity contribution in [2.24, 2.45) is 0 Å². The molecule has 1 heterocycles. The highest BCUT2D eigenvalue weighted by molar-refractivity contribution is 7.94. The van der Waals surface area contributed by atoms with Gasteiger partial charge in [-0.15, -0.1) is 0 Å². The maximum absolute atomic E-state index is 12.8. The first kappa shape index (κ1) is 14.5. The predicted molar refractivity (Wildman–Crippen MR) is 81.4 cm³/mol. The normalized spacial score (nSPS) is 14.6. The van der Waals surface area contributed by atoms with E-state index in [1.807, 2.05) is 0 Å². The van der Waals surface area contributed by atoms with E-state index in [2.05, 4.69) is 5.32 Å². The first-order valence-electron chi connectivity index (χ1n) is 6.55. The van der Waals surface area contributed by atoms with Gasteiger partial charge in [-0.1, -0.05) is 18.2 Å². The van der Waals surface area contributed by atoms with E-state index in [0.717, 1.165) is 5.41 Å². The van der Waals surface area contributed by atoms with Crippen LogP contribution >= 0.6 is 0 Å². The Kier molecular flexibility index (Phi) is 3.54. The maximum atomic E-state index is 12.8. The van der Waals surface area contributed by atoms with Gasteiger partial charge >= 0.3 is 0 Å². The van der Waals surface area contributed by atoms with E-state index in [9.17, 15) is 17.6 Å². The molecule has 0 fully saturated rings. The molecular weight excluding hydrogens is 305 g/mol. The van der Waals surface area contributed by atoms with E-state index < -0.39 is 9.84 Å². The number of nitrogens with one attached hydrogen (secondary N) is 1. The molecule has 1 N–H and O–H groups in total. The molecule has 1 aliphatic heterocycles. The van der Waals surface area contributed by atoms with Crippen LogP contribution < -0.4 is 5.32 Å². The number of rotatable bonds is 3. The molecule has 3 rings (SSSR count). The molecule has 0 unspecified atom stereocenters. The number of fused-ring (bicyclic) bond motifs is 1. The van der Waals surface area contributed by atoms with Crippen molar-refractivity contribution in [2.45, 2.75) is 11.3 Å². The number of amides is 1. The lowest BCUT2D eigenvalue weighted by molar-refractivity contribution is -0.115. The molecule has 22 heavy (non-hydrogen) atoms. The van der Waals surface area contributed by atoms with Crippen molar-refractivity contribution in [1.82, 2.24) is 0 Å². The number of anilines is 1. The van der Waals surface area contributed by atoms with Crippen molar-refractivity contribution in [3.63, 3.8) is 0 Å². The summed E-state index contributed by atoms with van der Waals surface area (Å²) in [6, 6.07) is 10.4. The van der Waals surface area contributed by atoms with Gasteiger partial charge in [-0.25, -0.2) is 12.8 Å². The molecule has 4 nitrogen and oxygen atoms in total. The highest BCUT2D eigenvalue weighted by Gasteiger charge is 2.21. The Morgan fingerprint density at radius 3 is 2.55 bits per heavy atom. The van der Waals surface area contributed by atoms with Gasteiger partial charge in [0.2, 0.25) is 15.7 Å². The minimum absolute atomic E-state index is 0.0857. The Hall–Kier alpha value is -2.47. The third-order valence-electron chi connectivity index (χ3n) is 3.31. The molecule has 2 aromatic rings. The van der Waals surface area contributed by atoms with Crippen molar-refractivity contribution in [3.8, 4) is 0 Å². The van der Waals surface area contributed by atoms with Gasteiger partial charge in [-0.05, 0) is 41.5 Å². The predicted octanol–water partition coefficient (Wildman–Crippen LogP) is 2.76. The maximum Gasteiger partial charge on any atom is 0.228 e. The molecule has 0 saturated carbocycles. The summed E-state index contributed by atoms with van der Waals surface area (Å²) in [6.45, 7) is 0. The Labute approximate surface area is 127 Å². The fourth-order valence-corrected chi connectivity index (χ4v) is 3.45. The van der Waals surface area contributed by atoms with Crippen molar-refractivity contribution >= 4 is 27.5 Å². The SMILES string of the molecule is O=C(Cc1ccc(F)cc1)Nc1ccc2c(c1)S(=O)(=O)C=C2. The monoisotopic (exact) mass is 317 g/mol. The summed E-state index contributed by atoms with van der Waals surface area (Å²) >= 11 is 0. The van der Waals surface area contributed by atoms with Crippen molar-refractivity contribution in [1.29, 1.82) is 0 Å². The molecule has 0 saturated heterocycles. The van der Waals surface area contributed by atoms with Gasteiger partial charge in [-0.3, -0.25) is 4.79 Å². The molecule has 2 aromatic carbocycles. The topological polar surface area (TPSA) is 63.2 Å². The fourth-order valence-electron chi connectivity index (χ4n) is 2.23. The molecule has 1 amide bonds. The number of benzene rings is 2. The van der Waals surface area contributed by atoms with Crippen LogP contribution in [0.2, 0.25) is 0 Å². The van der Waals surface area contributed by atoms with Crippen LogP contribution in [0, 0.1) is 5.82 Å². The number of halogens is 1. The second-order valence-corrected chi connectivity index (χ2v) is 6.75. The van der Waals surface area contributed by atoms with Crippen LogP contribution in [0.4, 0.5) is 10.1 Å². The third kappa shape index (κ3) is 2.92. The van der Waals surface area contributed by atoms with Crippen LogP contribution in [0.15, 0.2) is 52.8 Å². The van der Waals surface area contributed by atoms with Crippen LogP contribution in [0.3, 0.4) is 0 Å². The molecule has 112 valence electrons. The molecule has 6 heteroatoms. The van der Waals surface area contributed by atoms with Gasteiger partial charge in [0.1, 0.15) is 5.82 Å². The number of hydrogen-bond donors (Lipinski definition) is 1. The van der Waals surface area contributed by atoms with E-state index in [1.54, 1.807) is 12.1 Å². The standard InChI is InChI=1S/C16H12FNO3S/c17-13-4-1-11(2-5-13)9-16(19)18-14-6-3-12-7-8-22(20,21)15(12)10-14/h1-8,10H,9H2,(H,18,19). The van der Waals surface area contributed by atoms with E-state index in [0.29, 0.717) is 16.8 Å². The average Bonchev–Trinajstić information content (AvgIpc) is 2.77. The zero-order chi connectivity index (χ0) is 15.7. The lowest BCUT2D eigenvalue weighted by Gasteiger charge is -2.07. The fraction of sp³-hybridized carbons (Fsp3) is 0.0625. The highest BCUT2D eigenvalue weighted by Crippen LogP contribution is 2.29. The third-order valence-corrected chi connectivity index (χ3v) is 4.77. The molecule has 0 atom stereocenters. The summed E-state index contributed by atoms with van der Waals surface area (Å²) in [5.74, 6) is -0.657. The highest BCUT2D eigenvalue weighted by atomic mass is 32.2. The van der Waals surface area contributed by atoms with Crippen LogP contribution in [-0.4, -0.2) is 14.3 Å². The summed E-state index contributed by atoms with van der Waals surface area (Å²) in [7, 11) is -3.40. The zero-order valence-electron chi connectivity index (χ0n) is 11.4. The lowest BCUT2D eigenvalue weighted by atomic mass is 10.1. The van der Waals surface area contributed by atoms with Crippen molar-refractivity contribution < 1.29 is 17.6 Å². The number of sulfone groups is 1. The zero-order valence-corrected chi connectivity index (χ0v) is 12.2. The minimum atomic E-state index is -3.40. The van der Waals surface area contributed by atoms with E-state index in [4.69, 9.17) is 0 Å². The summed E-state index contributed by atoms with van der Waals surface area (Å²) in [6.07, 6.45) is 1.61. The van der Waals surface area contributed by atoms with Crippen LogP contribution in [-0.2, 0) is 21.1 Å². The van der Waals surface area contributed by atoms with Gasteiger partial charge in [0, 0.05) is 11.1 Å². The summed E-state index contributed by atoms with van der Waals surface area (Å²) in [4.78, 5) is 12.1. The Morgan fingerprint density at radius 1 is 1.09 bits per heavy atom. The largest absolute Gasteiger partial charge is 0.326 e. The van der Waals surface area contributed by atoms with Crippen LogP contribution in [0.25, 0.3) is 6.08 Å².